The Morgan fingerprint density at radius 3 is 2.53 bits per heavy atom. The fourth-order valence-electron chi connectivity index (χ4n) is 1.64. The topological polar surface area (TPSA) is 41.5 Å². The number of aliphatic hydroxyl groups excluding tert-OH is 1. The zero-order chi connectivity index (χ0) is 13.1. The van der Waals surface area contributed by atoms with Crippen molar-refractivity contribution in [3.8, 4) is 0 Å². The maximum Gasteiger partial charge on any atom is 0.0610 e. The smallest absolute Gasteiger partial charge is 0.0610 e. The molecule has 0 aromatic heterocycles. The van der Waals surface area contributed by atoms with E-state index in [9.17, 15) is 5.11 Å². The van der Waals surface area contributed by atoms with Gasteiger partial charge in [0.1, 0.15) is 0 Å². The third-order valence-corrected chi connectivity index (χ3v) is 3.01. The van der Waals surface area contributed by atoms with Gasteiger partial charge in [0.25, 0.3) is 0 Å². The van der Waals surface area contributed by atoms with E-state index in [2.05, 4.69) is 33.0 Å². The van der Waals surface area contributed by atoms with Crippen LogP contribution in [0.4, 0.5) is 0 Å². The first-order valence-electron chi connectivity index (χ1n) is 6.97. The number of hydrogen-bond donors (Lipinski definition) is 2. The zero-order valence-corrected chi connectivity index (χ0v) is 12.1. The quantitative estimate of drug-likeness (QED) is 0.550. The average Bonchev–Trinajstić information content (AvgIpc) is 2.30. The lowest BCUT2D eigenvalue weighted by molar-refractivity contribution is 0.103. The summed E-state index contributed by atoms with van der Waals surface area (Å²) in [6.07, 6.45) is 4.20. The highest BCUT2D eigenvalue weighted by molar-refractivity contribution is 4.81. The fourth-order valence-corrected chi connectivity index (χ4v) is 1.64. The Kier molecular flexibility index (Phi) is 9.79. The van der Waals surface area contributed by atoms with Crippen LogP contribution >= 0.6 is 0 Å². The first-order chi connectivity index (χ1) is 8.04. The van der Waals surface area contributed by atoms with Crippen LogP contribution in [0.2, 0.25) is 0 Å². The summed E-state index contributed by atoms with van der Waals surface area (Å²) in [7, 11) is 0. The molecule has 0 bridgehead atoms. The summed E-state index contributed by atoms with van der Waals surface area (Å²) in [4.78, 5) is 0. The van der Waals surface area contributed by atoms with Crippen LogP contribution in [0, 0.1) is 5.92 Å². The number of aliphatic hydroxyl groups is 1. The summed E-state index contributed by atoms with van der Waals surface area (Å²) in [6.45, 7) is 11.5. The predicted octanol–water partition coefficient (Wildman–Crippen LogP) is 2.58. The largest absolute Gasteiger partial charge is 0.394 e. The van der Waals surface area contributed by atoms with Crippen molar-refractivity contribution in [1.82, 2.24) is 5.32 Å². The van der Waals surface area contributed by atoms with Crippen LogP contribution in [0.5, 0.6) is 0 Å². The first kappa shape index (κ1) is 16.9. The van der Waals surface area contributed by atoms with Crippen molar-refractivity contribution in [2.24, 2.45) is 5.92 Å². The monoisotopic (exact) mass is 245 g/mol. The Bertz CT molecular complexity index is 174. The number of ether oxygens (including phenoxy) is 1. The number of nitrogens with one attached hydrogen (secondary N) is 1. The van der Waals surface area contributed by atoms with Crippen LogP contribution in [0.25, 0.3) is 0 Å². The van der Waals surface area contributed by atoms with Gasteiger partial charge in [-0.1, -0.05) is 20.8 Å². The molecule has 0 fully saturated rings. The lowest BCUT2D eigenvalue weighted by atomic mass is 9.97. The van der Waals surface area contributed by atoms with Crippen molar-refractivity contribution in [1.29, 1.82) is 0 Å². The molecule has 0 radical (unpaired) electrons. The summed E-state index contributed by atoms with van der Waals surface area (Å²) in [5.41, 5.74) is -0.141. The molecule has 0 aliphatic rings. The van der Waals surface area contributed by atoms with Crippen molar-refractivity contribution >= 4 is 0 Å². The van der Waals surface area contributed by atoms with Gasteiger partial charge in [0.2, 0.25) is 0 Å². The van der Waals surface area contributed by atoms with E-state index in [4.69, 9.17) is 4.74 Å². The van der Waals surface area contributed by atoms with Gasteiger partial charge in [-0.2, -0.15) is 0 Å². The van der Waals surface area contributed by atoms with Crippen molar-refractivity contribution < 1.29 is 9.84 Å². The van der Waals surface area contributed by atoms with E-state index in [1.165, 1.54) is 0 Å². The molecule has 0 aliphatic carbocycles. The molecule has 0 rings (SSSR count). The average molecular weight is 245 g/mol. The minimum absolute atomic E-state index is 0.141. The third-order valence-electron chi connectivity index (χ3n) is 3.01. The van der Waals surface area contributed by atoms with Gasteiger partial charge < -0.3 is 15.2 Å². The summed E-state index contributed by atoms with van der Waals surface area (Å²) < 4.78 is 5.58. The second-order valence-corrected chi connectivity index (χ2v) is 5.54. The Labute approximate surface area is 107 Å². The molecule has 2 N–H and O–H groups in total. The van der Waals surface area contributed by atoms with E-state index >= 15 is 0 Å². The fraction of sp³-hybridized carbons (Fsp3) is 1.00. The van der Waals surface area contributed by atoms with Crippen LogP contribution < -0.4 is 5.32 Å². The van der Waals surface area contributed by atoms with Crippen molar-refractivity contribution in [3.63, 3.8) is 0 Å². The van der Waals surface area contributed by atoms with Gasteiger partial charge in [0, 0.05) is 18.8 Å². The number of hydrogen-bond acceptors (Lipinski definition) is 3. The highest BCUT2D eigenvalue weighted by Crippen LogP contribution is 2.12. The molecular weight excluding hydrogens is 214 g/mol. The predicted molar refractivity (Wildman–Crippen MR) is 73.3 cm³/mol. The molecule has 3 nitrogen and oxygen atoms in total. The maximum absolute atomic E-state index is 9.38. The molecule has 0 amide bonds. The van der Waals surface area contributed by atoms with Gasteiger partial charge in [-0.3, -0.25) is 0 Å². The van der Waals surface area contributed by atoms with Crippen LogP contribution in [-0.2, 0) is 4.74 Å². The number of rotatable bonds is 11. The van der Waals surface area contributed by atoms with Gasteiger partial charge in [0.05, 0.1) is 6.61 Å². The van der Waals surface area contributed by atoms with Crippen molar-refractivity contribution in [2.75, 3.05) is 26.4 Å². The second kappa shape index (κ2) is 9.86. The van der Waals surface area contributed by atoms with E-state index in [0.717, 1.165) is 45.4 Å². The van der Waals surface area contributed by atoms with Crippen LogP contribution in [-0.4, -0.2) is 37.0 Å². The standard InChI is InChI=1S/C14H31NO2/c1-5-9-15-14(4,12-16)8-6-10-17-11-7-13(2)3/h13,15-16H,5-12H2,1-4H3. The van der Waals surface area contributed by atoms with Gasteiger partial charge in [0.15, 0.2) is 0 Å². The SMILES string of the molecule is CCCNC(C)(CO)CCCOCCC(C)C. The van der Waals surface area contributed by atoms with E-state index in [1.807, 2.05) is 0 Å². The highest BCUT2D eigenvalue weighted by Gasteiger charge is 2.21. The summed E-state index contributed by atoms with van der Waals surface area (Å²) in [5.74, 6) is 0.712. The van der Waals surface area contributed by atoms with Gasteiger partial charge in [-0.05, 0) is 45.1 Å². The molecule has 0 saturated heterocycles. The lowest BCUT2D eigenvalue weighted by Gasteiger charge is -2.28. The third kappa shape index (κ3) is 9.57. The van der Waals surface area contributed by atoms with Crippen molar-refractivity contribution in [3.05, 3.63) is 0 Å². The summed E-state index contributed by atoms with van der Waals surface area (Å²) in [5, 5.41) is 12.8. The van der Waals surface area contributed by atoms with E-state index < -0.39 is 0 Å². The normalized spacial score (nSPS) is 15.2. The molecule has 17 heavy (non-hydrogen) atoms. The zero-order valence-electron chi connectivity index (χ0n) is 12.1. The van der Waals surface area contributed by atoms with E-state index in [1.54, 1.807) is 0 Å². The highest BCUT2D eigenvalue weighted by atomic mass is 16.5. The van der Waals surface area contributed by atoms with Crippen LogP contribution in [0.15, 0.2) is 0 Å². The summed E-state index contributed by atoms with van der Waals surface area (Å²) >= 11 is 0. The molecule has 1 atom stereocenters. The molecule has 1 unspecified atom stereocenters. The molecule has 3 heteroatoms. The van der Waals surface area contributed by atoms with Gasteiger partial charge in [-0.25, -0.2) is 0 Å². The molecule has 0 aromatic rings. The molecule has 0 aromatic carbocycles. The minimum atomic E-state index is -0.141. The Morgan fingerprint density at radius 2 is 2.00 bits per heavy atom. The van der Waals surface area contributed by atoms with Gasteiger partial charge >= 0.3 is 0 Å². The Hall–Kier alpha value is -0.120. The molecule has 0 aliphatic heterocycles. The molecule has 0 spiro atoms. The van der Waals surface area contributed by atoms with Crippen LogP contribution in [0.1, 0.15) is 53.4 Å². The summed E-state index contributed by atoms with van der Waals surface area (Å²) in [6, 6.07) is 0. The minimum Gasteiger partial charge on any atom is -0.394 e. The molecule has 0 heterocycles. The molecular formula is C14H31NO2. The second-order valence-electron chi connectivity index (χ2n) is 5.54. The Morgan fingerprint density at radius 1 is 1.29 bits per heavy atom. The molecule has 104 valence electrons. The Balaban J connectivity index is 3.55. The van der Waals surface area contributed by atoms with E-state index in [0.29, 0.717) is 5.92 Å². The van der Waals surface area contributed by atoms with Crippen molar-refractivity contribution in [2.45, 2.75) is 58.9 Å². The molecule has 0 saturated carbocycles. The first-order valence-corrected chi connectivity index (χ1v) is 6.97. The maximum atomic E-state index is 9.38. The van der Waals surface area contributed by atoms with E-state index in [-0.39, 0.29) is 12.1 Å². The van der Waals surface area contributed by atoms with Crippen LogP contribution in [0.3, 0.4) is 0 Å². The lowest BCUT2D eigenvalue weighted by Crippen LogP contribution is -2.46. The van der Waals surface area contributed by atoms with Gasteiger partial charge in [-0.15, -0.1) is 0 Å².